The number of nitrogens with one attached hydrogen (secondary N) is 1. The molecule has 2 rings (SSSR count). The topological polar surface area (TPSA) is 42.2 Å². The summed E-state index contributed by atoms with van der Waals surface area (Å²) in [5.41, 5.74) is 1.20. The molecule has 1 aromatic carbocycles. The first-order chi connectivity index (χ1) is 8.79. The van der Waals surface area contributed by atoms with E-state index in [2.05, 4.69) is 33.4 Å². The van der Waals surface area contributed by atoms with Crippen LogP contribution in [0.3, 0.4) is 0 Å². The molecule has 1 aromatic heterocycles. The van der Waals surface area contributed by atoms with Crippen molar-refractivity contribution in [1.82, 2.24) is 5.32 Å². The van der Waals surface area contributed by atoms with Crippen molar-refractivity contribution in [2.45, 2.75) is 12.5 Å². The third kappa shape index (κ3) is 3.47. The van der Waals surface area contributed by atoms with Crippen LogP contribution in [-0.4, -0.2) is 17.3 Å². The Hall–Kier alpha value is -1.55. The van der Waals surface area contributed by atoms with E-state index in [-0.39, 0.29) is 11.9 Å². The Balaban J connectivity index is 1.96. The van der Waals surface area contributed by atoms with Crippen LogP contribution in [0.4, 0.5) is 0 Å². The monoisotopic (exact) mass is 307 g/mol. The van der Waals surface area contributed by atoms with E-state index in [1.54, 1.807) is 12.1 Å². The summed E-state index contributed by atoms with van der Waals surface area (Å²) < 4.78 is 5.06. The van der Waals surface area contributed by atoms with E-state index in [9.17, 15) is 4.79 Å². The summed E-state index contributed by atoms with van der Waals surface area (Å²) in [7, 11) is 0. The van der Waals surface area contributed by atoms with Crippen LogP contribution in [0.5, 0.6) is 0 Å². The molecule has 1 unspecified atom stereocenters. The maximum Gasteiger partial charge on any atom is 0.287 e. The van der Waals surface area contributed by atoms with Crippen molar-refractivity contribution in [3.63, 3.8) is 0 Å². The summed E-state index contributed by atoms with van der Waals surface area (Å²) >= 11 is 3.42. The SMILES string of the molecule is O=C(NC(CBr)Cc1ccccc1)c1ccco1. The number of rotatable bonds is 5. The number of carbonyl (C=O) groups excluding carboxylic acids is 1. The second-order valence-corrected chi connectivity index (χ2v) is 4.64. The Bertz CT molecular complexity index is 482. The van der Waals surface area contributed by atoms with Gasteiger partial charge in [0.1, 0.15) is 0 Å². The van der Waals surface area contributed by atoms with Crippen molar-refractivity contribution < 1.29 is 9.21 Å². The second-order valence-electron chi connectivity index (χ2n) is 3.99. The van der Waals surface area contributed by atoms with Gasteiger partial charge in [-0.25, -0.2) is 0 Å². The lowest BCUT2D eigenvalue weighted by Crippen LogP contribution is -2.37. The molecule has 1 amide bonds. The molecule has 0 bridgehead atoms. The fourth-order valence-corrected chi connectivity index (χ4v) is 2.10. The molecule has 0 fully saturated rings. The van der Waals surface area contributed by atoms with Crippen LogP contribution in [-0.2, 0) is 6.42 Å². The summed E-state index contributed by atoms with van der Waals surface area (Å²) in [5.74, 6) is 0.161. The molecule has 0 saturated heterocycles. The van der Waals surface area contributed by atoms with Gasteiger partial charge in [-0.15, -0.1) is 0 Å². The van der Waals surface area contributed by atoms with Crippen molar-refractivity contribution in [2.24, 2.45) is 0 Å². The Labute approximate surface area is 114 Å². The minimum absolute atomic E-state index is 0.0463. The molecule has 1 atom stereocenters. The van der Waals surface area contributed by atoms with Gasteiger partial charge in [0.15, 0.2) is 5.76 Å². The van der Waals surface area contributed by atoms with Crippen molar-refractivity contribution in [3.8, 4) is 0 Å². The number of hydrogen-bond donors (Lipinski definition) is 1. The largest absolute Gasteiger partial charge is 0.459 e. The zero-order valence-corrected chi connectivity index (χ0v) is 11.4. The smallest absolute Gasteiger partial charge is 0.287 e. The van der Waals surface area contributed by atoms with Crippen LogP contribution in [0.2, 0.25) is 0 Å². The number of hydrogen-bond acceptors (Lipinski definition) is 2. The fourth-order valence-electron chi connectivity index (χ4n) is 1.71. The highest BCUT2D eigenvalue weighted by atomic mass is 79.9. The van der Waals surface area contributed by atoms with Crippen molar-refractivity contribution in [3.05, 3.63) is 60.1 Å². The lowest BCUT2D eigenvalue weighted by atomic mass is 10.1. The summed E-state index contributed by atoms with van der Waals surface area (Å²) in [5, 5.41) is 3.64. The van der Waals surface area contributed by atoms with Crippen molar-refractivity contribution >= 4 is 21.8 Å². The van der Waals surface area contributed by atoms with Gasteiger partial charge in [0.25, 0.3) is 5.91 Å². The summed E-state index contributed by atoms with van der Waals surface area (Å²) in [4.78, 5) is 11.8. The van der Waals surface area contributed by atoms with E-state index in [1.165, 1.54) is 11.8 Å². The van der Waals surface area contributed by atoms with Gasteiger partial charge in [0.05, 0.1) is 6.26 Å². The van der Waals surface area contributed by atoms with Gasteiger partial charge in [-0.1, -0.05) is 46.3 Å². The molecule has 1 heterocycles. The van der Waals surface area contributed by atoms with E-state index in [0.717, 1.165) is 6.42 Å². The maximum absolute atomic E-state index is 11.8. The van der Waals surface area contributed by atoms with Crippen LogP contribution < -0.4 is 5.32 Å². The second kappa shape index (κ2) is 6.40. The first-order valence-electron chi connectivity index (χ1n) is 5.74. The van der Waals surface area contributed by atoms with Gasteiger partial charge in [-0.05, 0) is 24.1 Å². The summed E-state index contributed by atoms with van der Waals surface area (Å²) in [6.45, 7) is 0. The van der Waals surface area contributed by atoms with Gasteiger partial charge >= 0.3 is 0 Å². The number of alkyl halides is 1. The van der Waals surface area contributed by atoms with Gasteiger partial charge < -0.3 is 9.73 Å². The minimum Gasteiger partial charge on any atom is -0.459 e. The van der Waals surface area contributed by atoms with Crippen LogP contribution in [0, 0.1) is 0 Å². The zero-order chi connectivity index (χ0) is 12.8. The quantitative estimate of drug-likeness (QED) is 0.863. The number of amides is 1. The molecule has 18 heavy (non-hydrogen) atoms. The molecule has 1 N–H and O–H groups in total. The highest BCUT2D eigenvalue weighted by Crippen LogP contribution is 2.07. The van der Waals surface area contributed by atoms with Crippen LogP contribution in [0.1, 0.15) is 16.1 Å². The van der Waals surface area contributed by atoms with Crippen molar-refractivity contribution in [1.29, 1.82) is 0 Å². The molecule has 0 aliphatic heterocycles. The normalized spacial score (nSPS) is 12.1. The highest BCUT2D eigenvalue weighted by molar-refractivity contribution is 9.09. The van der Waals surface area contributed by atoms with Crippen LogP contribution >= 0.6 is 15.9 Å². The number of carbonyl (C=O) groups is 1. The summed E-state index contributed by atoms with van der Waals surface area (Å²) in [6, 6.07) is 13.5. The average molecular weight is 308 g/mol. The first-order valence-corrected chi connectivity index (χ1v) is 6.86. The molecule has 0 aliphatic carbocycles. The molecule has 0 aliphatic rings. The van der Waals surface area contributed by atoms with Crippen LogP contribution in [0.15, 0.2) is 53.1 Å². The Morgan fingerprint density at radius 3 is 2.61 bits per heavy atom. The molecule has 0 radical (unpaired) electrons. The molecule has 4 heteroatoms. The minimum atomic E-state index is -0.180. The van der Waals surface area contributed by atoms with E-state index in [4.69, 9.17) is 4.42 Å². The number of furan rings is 1. The van der Waals surface area contributed by atoms with Crippen LogP contribution in [0.25, 0.3) is 0 Å². The summed E-state index contributed by atoms with van der Waals surface area (Å²) in [6.07, 6.45) is 2.29. The number of benzene rings is 1. The molecular weight excluding hydrogens is 294 g/mol. The molecule has 94 valence electrons. The lowest BCUT2D eigenvalue weighted by Gasteiger charge is -2.15. The fraction of sp³-hybridized carbons (Fsp3) is 0.214. The Morgan fingerprint density at radius 2 is 2.00 bits per heavy atom. The highest BCUT2D eigenvalue weighted by Gasteiger charge is 2.14. The van der Waals surface area contributed by atoms with Crippen molar-refractivity contribution in [2.75, 3.05) is 5.33 Å². The van der Waals surface area contributed by atoms with E-state index in [0.29, 0.717) is 11.1 Å². The first kappa shape index (κ1) is 12.9. The predicted octanol–water partition coefficient (Wildman–Crippen LogP) is 3.02. The third-order valence-electron chi connectivity index (χ3n) is 2.59. The molecule has 0 spiro atoms. The van der Waals surface area contributed by atoms with Gasteiger partial charge in [-0.3, -0.25) is 4.79 Å². The molecule has 2 aromatic rings. The standard InChI is InChI=1S/C14H14BrNO2/c15-10-12(9-11-5-2-1-3-6-11)16-14(17)13-7-4-8-18-13/h1-8,12H,9-10H2,(H,16,17). The van der Waals surface area contributed by atoms with Gasteiger partial charge in [0, 0.05) is 11.4 Å². The lowest BCUT2D eigenvalue weighted by molar-refractivity contribution is 0.0913. The maximum atomic E-state index is 11.8. The Morgan fingerprint density at radius 1 is 1.22 bits per heavy atom. The van der Waals surface area contributed by atoms with Gasteiger partial charge in [-0.2, -0.15) is 0 Å². The molecule has 0 saturated carbocycles. The molecule has 3 nitrogen and oxygen atoms in total. The van der Waals surface area contributed by atoms with Gasteiger partial charge in [0.2, 0.25) is 0 Å². The number of halogens is 1. The predicted molar refractivity (Wildman–Crippen MR) is 73.9 cm³/mol. The van der Waals surface area contributed by atoms with E-state index in [1.807, 2.05) is 18.2 Å². The third-order valence-corrected chi connectivity index (χ3v) is 3.37. The molecular formula is C14H14BrNO2. The Kier molecular flexibility index (Phi) is 4.59. The van der Waals surface area contributed by atoms with E-state index >= 15 is 0 Å². The average Bonchev–Trinajstić information content (AvgIpc) is 2.93. The zero-order valence-electron chi connectivity index (χ0n) is 9.80. The van der Waals surface area contributed by atoms with E-state index < -0.39 is 0 Å².